The third-order valence-electron chi connectivity index (χ3n) is 3.56. The lowest BCUT2D eigenvalue weighted by Gasteiger charge is -2.14. The SMILES string of the molecule is CCOC(=O)c1ccc(NC(=O)C[NH+](C)Cc2ccc(Br)cc2)cc1. The van der Waals surface area contributed by atoms with Gasteiger partial charge in [0.1, 0.15) is 6.54 Å². The molecule has 0 heterocycles. The minimum absolute atomic E-state index is 0.0708. The van der Waals surface area contributed by atoms with E-state index >= 15 is 0 Å². The molecular formula is C19H22BrN2O3+. The number of nitrogens with one attached hydrogen (secondary N) is 2. The van der Waals surface area contributed by atoms with Crippen molar-refractivity contribution < 1.29 is 19.2 Å². The highest BCUT2D eigenvalue weighted by Crippen LogP contribution is 2.11. The van der Waals surface area contributed by atoms with Crippen LogP contribution in [0.15, 0.2) is 53.0 Å². The maximum atomic E-state index is 12.2. The van der Waals surface area contributed by atoms with E-state index in [0.29, 0.717) is 24.4 Å². The summed E-state index contributed by atoms with van der Waals surface area (Å²) in [6.45, 7) is 3.22. The molecule has 0 saturated carbocycles. The molecule has 2 aromatic rings. The zero-order valence-corrected chi connectivity index (χ0v) is 15.9. The summed E-state index contributed by atoms with van der Waals surface area (Å²) in [4.78, 5) is 24.8. The van der Waals surface area contributed by atoms with Gasteiger partial charge in [0.25, 0.3) is 5.91 Å². The molecule has 0 aliphatic rings. The van der Waals surface area contributed by atoms with E-state index in [0.717, 1.165) is 15.9 Å². The first kappa shape index (κ1) is 19.1. The fourth-order valence-corrected chi connectivity index (χ4v) is 2.66. The molecule has 132 valence electrons. The number of likely N-dealkylation sites (N-methyl/N-ethyl adjacent to an activating group) is 1. The molecule has 0 aromatic heterocycles. The Bertz CT molecular complexity index is 714. The van der Waals surface area contributed by atoms with E-state index in [9.17, 15) is 9.59 Å². The summed E-state index contributed by atoms with van der Waals surface area (Å²) in [5.41, 5.74) is 2.31. The van der Waals surface area contributed by atoms with Crippen molar-refractivity contribution in [2.75, 3.05) is 25.5 Å². The number of anilines is 1. The highest BCUT2D eigenvalue weighted by molar-refractivity contribution is 9.10. The molecule has 1 atom stereocenters. The van der Waals surface area contributed by atoms with Crippen molar-refractivity contribution in [2.45, 2.75) is 13.5 Å². The Kier molecular flexibility index (Phi) is 7.16. The minimum atomic E-state index is -0.362. The number of benzene rings is 2. The Morgan fingerprint density at radius 2 is 1.72 bits per heavy atom. The first-order valence-corrected chi connectivity index (χ1v) is 8.90. The van der Waals surface area contributed by atoms with Crippen LogP contribution in [-0.4, -0.2) is 32.1 Å². The van der Waals surface area contributed by atoms with E-state index in [4.69, 9.17) is 4.74 Å². The van der Waals surface area contributed by atoms with Crippen molar-refractivity contribution in [3.05, 3.63) is 64.1 Å². The van der Waals surface area contributed by atoms with Gasteiger partial charge < -0.3 is 15.0 Å². The molecule has 1 amide bonds. The molecule has 6 heteroatoms. The molecule has 2 aromatic carbocycles. The molecule has 1 unspecified atom stereocenters. The number of carbonyl (C=O) groups is 2. The largest absolute Gasteiger partial charge is 0.462 e. The summed E-state index contributed by atoms with van der Waals surface area (Å²) in [5, 5.41) is 2.85. The zero-order valence-electron chi connectivity index (χ0n) is 14.3. The first-order valence-electron chi connectivity index (χ1n) is 8.10. The summed E-state index contributed by atoms with van der Waals surface area (Å²) in [7, 11) is 1.98. The molecule has 0 radical (unpaired) electrons. The molecule has 0 bridgehead atoms. The number of hydrogen-bond acceptors (Lipinski definition) is 3. The number of esters is 1. The molecule has 0 spiro atoms. The van der Waals surface area contributed by atoms with Gasteiger partial charge in [-0.3, -0.25) is 4.79 Å². The summed E-state index contributed by atoms with van der Waals surface area (Å²) >= 11 is 3.41. The second-order valence-corrected chi connectivity index (χ2v) is 6.70. The Balaban J connectivity index is 1.84. The molecule has 25 heavy (non-hydrogen) atoms. The van der Waals surface area contributed by atoms with Gasteiger partial charge >= 0.3 is 5.97 Å². The van der Waals surface area contributed by atoms with Crippen molar-refractivity contribution in [3.63, 3.8) is 0 Å². The van der Waals surface area contributed by atoms with E-state index in [1.54, 1.807) is 31.2 Å². The average Bonchev–Trinajstić information content (AvgIpc) is 2.57. The van der Waals surface area contributed by atoms with Gasteiger partial charge in [0.2, 0.25) is 0 Å². The highest BCUT2D eigenvalue weighted by Gasteiger charge is 2.12. The lowest BCUT2D eigenvalue weighted by atomic mass is 10.2. The Hall–Kier alpha value is -2.18. The first-order chi connectivity index (χ1) is 12.0. The number of amides is 1. The summed E-state index contributed by atoms with van der Waals surface area (Å²) < 4.78 is 5.97. The monoisotopic (exact) mass is 405 g/mol. The van der Waals surface area contributed by atoms with Crippen LogP contribution in [0.2, 0.25) is 0 Å². The van der Waals surface area contributed by atoms with Crippen LogP contribution in [0.4, 0.5) is 5.69 Å². The molecule has 2 rings (SSSR count). The third kappa shape index (κ3) is 6.32. The summed E-state index contributed by atoms with van der Waals surface area (Å²) in [6, 6.07) is 14.8. The zero-order chi connectivity index (χ0) is 18.2. The van der Waals surface area contributed by atoms with Gasteiger partial charge in [-0.1, -0.05) is 28.1 Å². The molecule has 2 N–H and O–H groups in total. The maximum absolute atomic E-state index is 12.2. The van der Waals surface area contributed by atoms with Crippen molar-refractivity contribution >= 4 is 33.5 Å². The normalized spacial score (nSPS) is 11.6. The summed E-state index contributed by atoms with van der Waals surface area (Å²) in [6.07, 6.45) is 0. The highest BCUT2D eigenvalue weighted by atomic mass is 79.9. The quantitative estimate of drug-likeness (QED) is 0.694. The van der Waals surface area contributed by atoms with Gasteiger partial charge in [0, 0.05) is 15.7 Å². The number of hydrogen-bond donors (Lipinski definition) is 2. The Morgan fingerprint density at radius 3 is 2.32 bits per heavy atom. The minimum Gasteiger partial charge on any atom is -0.462 e. The van der Waals surface area contributed by atoms with Crippen LogP contribution in [0, 0.1) is 0 Å². The van der Waals surface area contributed by atoms with Crippen molar-refractivity contribution in [2.24, 2.45) is 0 Å². The van der Waals surface area contributed by atoms with Crippen LogP contribution in [0.5, 0.6) is 0 Å². The van der Waals surface area contributed by atoms with E-state index in [2.05, 4.69) is 21.2 Å². The molecule has 0 aliphatic carbocycles. The number of rotatable bonds is 7. The second-order valence-electron chi connectivity index (χ2n) is 5.78. The Labute approximate surface area is 156 Å². The van der Waals surface area contributed by atoms with E-state index < -0.39 is 0 Å². The molecular weight excluding hydrogens is 384 g/mol. The van der Waals surface area contributed by atoms with E-state index in [-0.39, 0.29) is 11.9 Å². The van der Waals surface area contributed by atoms with Gasteiger partial charge in [-0.25, -0.2) is 4.79 Å². The second kappa shape index (κ2) is 9.34. The van der Waals surface area contributed by atoms with E-state index in [1.807, 2.05) is 31.3 Å². The van der Waals surface area contributed by atoms with Gasteiger partial charge in [0.15, 0.2) is 6.54 Å². The lowest BCUT2D eigenvalue weighted by molar-refractivity contribution is -0.885. The molecule has 0 fully saturated rings. The molecule has 5 nitrogen and oxygen atoms in total. The van der Waals surface area contributed by atoms with Crippen molar-refractivity contribution in [1.82, 2.24) is 0 Å². The lowest BCUT2D eigenvalue weighted by Crippen LogP contribution is -3.08. The average molecular weight is 406 g/mol. The fourth-order valence-electron chi connectivity index (χ4n) is 2.40. The molecule has 0 aliphatic heterocycles. The van der Waals surface area contributed by atoms with Crippen LogP contribution in [0.25, 0.3) is 0 Å². The predicted molar refractivity (Wildman–Crippen MR) is 101 cm³/mol. The van der Waals surface area contributed by atoms with Crippen molar-refractivity contribution in [1.29, 1.82) is 0 Å². The van der Waals surface area contributed by atoms with Gasteiger partial charge in [0.05, 0.1) is 19.2 Å². The smallest absolute Gasteiger partial charge is 0.338 e. The van der Waals surface area contributed by atoms with Gasteiger partial charge in [-0.05, 0) is 43.3 Å². The topological polar surface area (TPSA) is 59.8 Å². The standard InChI is InChI=1S/C19H21BrN2O3/c1-3-25-19(24)15-6-10-17(11-7-15)21-18(23)13-22(2)12-14-4-8-16(20)9-5-14/h4-11H,3,12-13H2,1-2H3,(H,21,23)/p+1. The van der Waals surface area contributed by atoms with Crippen LogP contribution >= 0.6 is 15.9 Å². The molecule has 0 saturated heterocycles. The Morgan fingerprint density at radius 1 is 1.08 bits per heavy atom. The third-order valence-corrected chi connectivity index (χ3v) is 4.09. The van der Waals surface area contributed by atoms with E-state index in [1.165, 1.54) is 5.56 Å². The van der Waals surface area contributed by atoms with Crippen LogP contribution in [-0.2, 0) is 16.1 Å². The number of quaternary nitrogens is 1. The number of carbonyl (C=O) groups excluding carboxylic acids is 2. The number of halogens is 1. The van der Waals surface area contributed by atoms with Gasteiger partial charge in [-0.15, -0.1) is 0 Å². The fraction of sp³-hybridized carbons (Fsp3) is 0.263. The summed E-state index contributed by atoms with van der Waals surface area (Å²) in [5.74, 6) is -0.433. The van der Waals surface area contributed by atoms with Gasteiger partial charge in [-0.2, -0.15) is 0 Å². The maximum Gasteiger partial charge on any atom is 0.338 e. The van der Waals surface area contributed by atoms with Crippen LogP contribution in [0.1, 0.15) is 22.8 Å². The van der Waals surface area contributed by atoms with Crippen LogP contribution in [0.3, 0.4) is 0 Å². The number of ether oxygens (including phenoxy) is 1. The van der Waals surface area contributed by atoms with Crippen LogP contribution < -0.4 is 10.2 Å². The van der Waals surface area contributed by atoms with Crippen molar-refractivity contribution in [3.8, 4) is 0 Å². The predicted octanol–water partition coefficient (Wildman–Crippen LogP) is 2.28.